The van der Waals surface area contributed by atoms with Crippen LogP contribution in [0.5, 0.6) is 5.75 Å². The van der Waals surface area contributed by atoms with Crippen LogP contribution in [0.3, 0.4) is 0 Å². The molecule has 0 spiro atoms. The van der Waals surface area contributed by atoms with E-state index < -0.39 is 10.0 Å². The van der Waals surface area contributed by atoms with Crippen LogP contribution >= 0.6 is 0 Å². The van der Waals surface area contributed by atoms with Crippen molar-refractivity contribution in [3.63, 3.8) is 0 Å². The molecule has 1 aromatic carbocycles. The van der Waals surface area contributed by atoms with E-state index >= 15 is 0 Å². The molecule has 134 valence electrons. The van der Waals surface area contributed by atoms with Gasteiger partial charge in [0.2, 0.25) is 10.0 Å². The lowest BCUT2D eigenvalue weighted by atomic mass is 10.1. The van der Waals surface area contributed by atoms with Crippen molar-refractivity contribution < 1.29 is 13.2 Å². The Morgan fingerprint density at radius 2 is 1.85 bits per heavy atom. The SMILES string of the molecule is COc1ccc(S(=O)(=O)NCc2cccnc2-c2ccncc2)cc1C. The Bertz CT molecular complexity index is 1010. The Hall–Kier alpha value is -2.77. The van der Waals surface area contributed by atoms with Crippen molar-refractivity contribution in [2.24, 2.45) is 0 Å². The minimum Gasteiger partial charge on any atom is -0.496 e. The molecule has 7 heteroatoms. The highest BCUT2D eigenvalue weighted by Gasteiger charge is 2.16. The first-order valence-corrected chi connectivity index (χ1v) is 9.48. The number of hydrogen-bond acceptors (Lipinski definition) is 5. The molecule has 3 rings (SSSR count). The van der Waals surface area contributed by atoms with Gasteiger partial charge in [-0.2, -0.15) is 0 Å². The first-order valence-electron chi connectivity index (χ1n) is 8.00. The maximum Gasteiger partial charge on any atom is 0.240 e. The van der Waals surface area contributed by atoms with Gasteiger partial charge in [-0.25, -0.2) is 13.1 Å². The highest BCUT2D eigenvalue weighted by Crippen LogP contribution is 2.23. The van der Waals surface area contributed by atoms with Gasteiger partial charge in [-0.1, -0.05) is 6.07 Å². The molecule has 0 amide bonds. The van der Waals surface area contributed by atoms with Crippen LogP contribution in [0.4, 0.5) is 0 Å². The fraction of sp³-hybridized carbons (Fsp3) is 0.158. The number of nitrogens with one attached hydrogen (secondary N) is 1. The fourth-order valence-corrected chi connectivity index (χ4v) is 3.72. The minimum absolute atomic E-state index is 0.138. The summed E-state index contributed by atoms with van der Waals surface area (Å²) in [6, 6.07) is 12.1. The first kappa shape index (κ1) is 18.0. The average Bonchev–Trinajstić information content (AvgIpc) is 2.67. The van der Waals surface area contributed by atoms with Crippen molar-refractivity contribution >= 4 is 10.0 Å². The number of methoxy groups -OCH3 is 1. The van der Waals surface area contributed by atoms with Crippen LogP contribution in [-0.4, -0.2) is 25.5 Å². The van der Waals surface area contributed by atoms with Gasteiger partial charge in [-0.15, -0.1) is 0 Å². The first-order chi connectivity index (χ1) is 12.5. The topological polar surface area (TPSA) is 81.2 Å². The standard InChI is InChI=1S/C19H19N3O3S/c1-14-12-17(5-6-18(14)25-2)26(23,24)22-13-16-4-3-9-21-19(16)15-7-10-20-11-8-15/h3-12,22H,13H2,1-2H3. The summed E-state index contributed by atoms with van der Waals surface area (Å²) in [6.07, 6.45) is 5.04. The second kappa shape index (κ2) is 7.63. The van der Waals surface area contributed by atoms with Gasteiger partial charge >= 0.3 is 0 Å². The number of rotatable bonds is 6. The van der Waals surface area contributed by atoms with Gasteiger partial charge in [-0.3, -0.25) is 9.97 Å². The molecule has 0 bridgehead atoms. The van der Waals surface area contributed by atoms with E-state index in [-0.39, 0.29) is 11.4 Å². The predicted octanol–water partition coefficient (Wildman–Crippen LogP) is 2.94. The third-order valence-electron chi connectivity index (χ3n) is 3.97. The maximum absolute atomic E-state index is 12.6. The minimum atomic E-state index is -3.65. The summed E-state index contributed by atoms with van der Waals surface area (Å²) in [6.45, 7) is 1.94. The zero-order chi connectivity index (χ0) is 18.6. The summed E-state index contributed by atoms with van der Waals surface area (Å²) in [5.74, 6) is 0.649. The van der Waals surface area contributed by atoms with E-state index in [1.807, 2.05) is 18.2 Å². The van der Waals surface area contributed by atoms with Crippen LogP contribution in [0.2, 0.25) is 0 Å². The van der Waals surface area contributed by atoms with E-state index in [1.165, 1.54) is 6.07 Å². The lowest BCUT2D eigenvalue weighted by Gasteiger charge is -2.12. The zero-order valence-corrected chi connectivity index (χ0v) is 15.3. The molecule has 0 saturated carbocycles. The molecule has 0 aliphatic heterocycles. The molecule has 0 aliphatic rings. The van der Waals surface area contributed by atoms with Gasteiger partial charge in [0.25, 0.3) is 0 Å². The number of hydrogen-bond donors (Lipinski definition) is 1. The van der Waals surface area contributed by atoms with Crippen LogP contribution in [0.15, 0.2) is 66.0 Å². The summed E-state index contributed by atoms with van der Waals surface area (Å²) < 4.78 is 33.1. The zero-order valence-electron chi connectivity index (χ0n) is 14.5. The van der Waals surface area contributed by atoms with E-state index in [9.17, 15) is 8.42 Å². The normalized spacial score (nSPS) is 11.3. The molecule has 2 aromatic heterocycles. The van der Waals surface area contributed by atoms with Crippen LogP contribution in [-0.2, 0) is 16.6 Å². The fourth-order valence-electron chi connectivity index (χ4n) is 2.63. The summed E-state index contributed by atoms with van der Waals surface area (Å²) >= 11 is 0. The summed E-state index contributed by atoms with van der Waals surface area (Å²) in [7, 11) is -2.10. The Labute approximate surface area is 153 Å². The van der Waals surface area contributed by atoms with Gasteiger partial charge in [0.15, 0.2) is 0 Å². The molecule has 26 heavy (non-hydrogen) atoms. The number of sulfonamides is 1. The second-order valence-corrected chi connectivity index (χ2v) is 7.47. The Morgan fingerprint density at radius 3 is 2.54 bits per heavy atom. The van der Waals surface area contributed by atoms with Gasteiger partial charge in [0.1, 0.15) is 5.75 Å². The molecule has 0 fully saturated rings. The molecule has 2 heterocycles. The molecule has 0 saturated heterocycles. The van der Waals surface area contributed by atoms with Gasteiger partial charge in [0, 0.05) is 30.7 Å². The number of benzene rings is 1. The average molecular weight is 369 g/mol. The summed E-state index contributed by atoms with van der Waals surface area (Å²) in [5, 5.41) is 0. The van der Waals surface area contributed by atoms with Crippen molar-refractivity contribution in [1.29, 1.82) is 0 Å². The van der Waals surface area contributed by atoms with Crippen LogP contribution in [0.25, 0.3) is 11.3 Å². The number of ether oxygens (including phenoxy) is 1. The predicted molar refractivity (Wildman–Crippen MR) is 99.2 cm³/mol. The maximum atomic E-state index is 12.6. The number of pyridine rings is 2. The van der Waals surface area contributed by atoms with E-state index in [0.717, 1.165) is 22.4 Å². The Kier molecular flexibility index (Phi) is 5.29. The van der Waals surface area contributed by atoms with Crippen LogP contribution < -0.4 is 9.46 Å². The second-order valence-electron chi connectivity index (χ2n) is 5.70. The summed E-state index contributed by atoms with van der Waals surface area (Å²) in [5.41, 5.74) is 3.15. The van der Waals surface area contributed by atoms with E-state index in [2.05, 4.69) is 14.7 Å². The summed E-state index contributed by atoms with van der Waals surface area (Å²) in [4.78, 5) is 8.58. The molecular formula is C19H19N3O3S. The third kappa shape index (κ3) is 3.89. The number of aromatic nitrogens is 2. The highest BCUT2D eigenvalue weighted by molar-refractivity contribution is 7.89. The molecule has 0 radical (unpaired) electrons. The molecule has 6 nitrogen and oxygen atoms in total. The van der Waals surface area contributed by atoms with Crippen molar-refractivity contribution in [1.82, 2.24) is 14.7 Å². The van der Waals surface area contributed by atoms with Gasteiger partial charge in [-0.05, 0) is 54.4 Å². The molecular weight excluding hydrogens is 350 g/mol. The smallest absolute Gasteiger partial charge is 0.240 e. The lowest BCUT2D eigenvalue weighted by molar-refractivity contribution is 0.411. The number of aryl methyl sites for hydroxylation is 1. The van der Waals surface area contributed by atoms with Crippen molar-refractivity contribution in [2.75, 3.05) is 7.11 Å². The van der Waals surface area contributed by atoms with E-state index in [1.54, 1.807) is 50.8 Å². The Balaban J connectivity index is 1.84. The molecule has 0 unspecified atom stereocenters. The molecule has 0 atom stereocenters. The van der Waals surface area contributed by atoms with Crippen LogP contribution in [0.1, 0.15) is 11.1 Å². The monoisotopic (exact) mass is 369 g/mol. The quantitative estimate of drug-likeness (QED) is 0.722. The largest absolute Gasteiger partial charge is 0.496 e. The third-order valence-corrected chi connectivity index (χ3v) is 5.37. The lowest BCUT2D eigenvalue weighted by Crippen LogP contribution is -2.23. The van der Waals surface area contributed by atoms with Crippen molar-refractivity contribution in [3.05, 3.63) is 72.2 Å². The van der Waals surface area contributed by atoms with Crippen molar-refractivity contribution in [3.8, 4) is 17.0 Å². The Morgan fingerprint density at radius 1 is 1.08 bits per heavy atom. The number of nitrogens with zero attached hydrogens (tertiary/aromatic N) is 2. The van der Waals surface area contributed by atoms with Gasteiger partial charge < -0.3 is 4.74 Å². The van der Waals surface area contributed by atoms with Crippen molar-refractivity contribution in [2.45, 2.75) is 18.4 Å². The molecule has 0 aliphatic carbocycles. The highest BCUT2D eigenvalue weighted by atomic mass is 32.2. The molecule has 3 aromatic rings. The van der Waals surface area contributed by atoms with Crippen LogP contribution in [0, 0.1) is 6.92 Å². The van der Waals surface area contributed by atoms with E-state index in [4.69, 9.17) is 4.74 Å². The van der Waals surface area contributed by atoms with Gasteiger partial charge in [0.05, 0.1) is 17.7 Å². The van der Waals surface area contributed by atoms with E-state index in [0.29, 0.717) is 5.75 Å². The molecule has 1 N–H and O–H groups in total.